The third kappa shape index (κ3) is 2.49. The molecule has 0 aromatic carbocycles. The molecule has 110 valence electrons. The van der Waals surface area contributed by atoms with E-state index >= 15 is 0 Å². The summed E-state index contributed by atoms with van der Waals surface area (Å²) in [4.78, 5) is 8.54. The van der Waals surface area contributed by atoms with Crippen LogP contribution in [0.15, 0.2) is 31.0 Å². The lowest BCUT2D eigenvalue weighted by atomic mass is 9.80. The van der Waals surface area contributed by atoms with Gasteiger partial charge in [-0.15, -0.1) is 0 Å². The molecule has 0 bridgehead atoms. The smallest absolute Gasteiger partial charge is 0.399 e. The molecule has 0 aliphatic carbocycles. The first-order chi connectivity index (χ1) is 9.78. The van der Waals surface area contributed by atoms with Gasteiger partial charge in [0, 0.05) is 17.9 Å². The average molecular weight is 285 g/mol. The lowest BCUT2D eigenvalue weighted by Gasteiger charge is -2.32. The lowest BCUT2D eigenvalue weighted by molar-refractivity contribution is 0.00578. The molecule has 1 fully saturated rings. The molecule has 0 saturated carbocycles. The molecule has 0 radical (unpaired) electrons. The van der Waals surface area contributed by atoms with Crippen LogP contribution in [0.3, 0.4) is 0 Å². The highest BCUT2D eigenvalue weighted by Gasteiger charge is 2.51. The zero-order valence-electron chi connectivity index (χ0n) is 13.1. The van der Waals surface area contributed by atoms with Gasteiger partial charge in [0.15, 0.2) is 0 Å². The normalized spacial score (nSPS) is 20.0. The highest BCUT2D eigenvalue weighted by molar-refractivity contribution is 6.62. The van der Waals surface area contributed by atoms with Crippen molar-refractivity contribution in [3.05, 3.63) is 36.7 Å². The number of rotatable bonds is 2. The summed E-state index contributed by atoms with van der Waals surface area (Å²) in [5.74, 6) is 0. The van der Waals surface area contributed by atoms with E-state index in [4.69, 9.17) is 9.31 Å². The Morgan fingerprint density at radius 1 is 1.10 bits per heavy atom. The number of aromatic nitrogens is 3. The number of nitrogens with zero attached hydrogens (tertiary/aromatic N) is 3. The molecule has 2 aromatic rings. The molecular weight excluding hydrogens is 265 g/mol. The number of hydrogen-bond donors (Lipinski definition) is 0. The van der Waals surface area contributed by atoms with E-state index in [1.54, 1.807) is 18.7 Å². The Hall–Kier alpha value is -1.66. The predicted molar refractivity (Wildman–Crippen MR) is 81.8 cm³/mol. The summed E-state index contributed by atoms with van der Waals surface area (Å²) in [6.07, 6.45) is 7.33. The molecule has 3 rings (SSSR count). The van der Waals surface area contributed by atoms with Gasteiger partial charge < -0.3 is 13.9 Å². The fraction of sp³-hybridized carbons (Fsp3) is 0.467. The Kier molecular flexibility index (Phi) is 3.18. The van der Waals surface area contributed by atoms with E-state index in [0.29, 0.717) is 0 Å². The van der Waals surface area contributed by atoms with Crippen molar-refractivity contribution in [1.29, 1.82) is 0 Å². The Morgan fingerprint density at radius 2 is 1.76 bits per heavy atom. The molecule has 0 unspecified atom stereocenters. The number of imidazole rings is 1. The minimum Gasteiger partial charge on any atom is -0.399 e. The van der Waals surface area contributed by atoms with E-state index in [1.807, 2.05) is 51.4 Å². The van der Waals surface area contributed by atoms with Crippen LogP contribution in [0.5, 0.6) is 0 Å². The second-order valence-corrected chi connectivity index (χ2v) is 6.49. The fourth-order valence-electron chi connectivity index (χ4n) is 2.26. The van der Waals surface area contributed by atoms with Crippen LogP contribution in [-0.2, 0) is 9.31 Å². The molecule has 0 atom stereocenters. The van der Waals surface area contributed by atoms with Crippen LogP contribution in [0.2, 0.25) is 0 Å². The van der Waals surface area contributed by atoms with Gasteiger partial charge in [0.2, 0.25) is 0 Å². The first kappa shape index (κ1) is 14.3. The summed E-state index contributed by atoms with van der Waals surface area (Å²) in [6, 6.07) is 2.02. The number of aryl methyl sites for hydroxylation is 1. The highest BCUT2D eigenvalue weighted by atomic mass is 16.7. The minimum atomic E-state index is -0.396. The van der Waals surface area contributed by atoms with E-state index in [0.717, 1.165) is 16.8 Å². The lowest BCUT2D eigenvalue weighted by Crippen LogP contribution is -2.41. The maximum atomic E-state index is 6.06. The topological polar surface area (TPSA) is 49.2 Å². The summed E-state index contributed by atoms with van der Waals surface area (Å²) < 4.78 is 14.1. The molecule has 0 N–H and O–H groups in total. The zero-order chi connectivity index (χ0) is 15.3. The second-order valence-electron chi connectivity index (χ2n) is 6.49. The number of pyridine rings is 1. The van der Waals surface area contributed by atoms with Crippen molar-refractivity contribution in [2.75, 3.05) is 0 Å². The molecule has 0 amide bonds. The van der Waals surface area contributed by atoms with Crippen molar-refractivity contribution in [2.45, 2.75) is 45.8 Å². The summed E-state index contributed by atoms with van der Waals surface area (Å²) in [5, 5.41) is 0. The van der Waals surface area contributed by atoms with E-state index < -0.39 is 7.12 Å². The maximum absolute atomic E-state index is 6.06. The van der Waals surface area contributed by atoms with Crippen molar-refractivity contribution < 1.29 is 9.31 Å². The third-order valence-corrected chi connectivity index (χ3v) is 4.28. The van der Waals surface area contributed by atoms with Crippen LogP contribution in [0, 0.1) is 6.92 Å². The van der Waals surface area contributed by atoms with Gasteiger partial charge in [-0.3, -0.25) is 4.98 Å². The van der Waals surface area contributed by atoms with Crippen LogP contribution < -0.4 is 5.46 Å². The van der Waals surface area contributed by atoms with Crippen molar-refractivity contribution in [3.63, 3.8) is 0 Å². The molecule has 3 heterocycles. The Labute approximate surface area is 125 Å². The van der Waals surface area contributed by atoms with Crippen molar-refractivity contribution in [3.8, 4) is 5.69 Å². The zero-order valence-corrected chi connectivity index (χ0v) is 13.1. The molecule has 1 aliphatic rings. The van der Waals surface area contributed by atoms with E-state index in [-0.39, 0.29) is 11.2 Å². The highest BCUT2D eigenvalue weighted by Crippen LogP contribution is 2.36. The summed E-state index contributed by atoms with van der Waals surface area (Å²) in [6.45, 7) is 10.1. The van der Waals surface area contributed by atoms with Crippen LogP contribution in [0.4, 0.5) is 0 Å². The first-order valence-corrected chi connectivity index (χ1v) is 7.10. The van der Waals surface area contributed by atoms with Crippen LogP contribution >= 0.6 is 0 Å². The minimum absolute atomic E-state index is 0.348. The summed E-state index contributed by atoms with van der Waals surface area (Å²) >= 11 is 0. The van der Waals surface area contributed by atoms with Crippen molar-refractivity contribution in [2.24, 2.45) is 0 Å². The predicted octanol–water partition coefficient (Wildman–Crippen LogP) is 1.87. The largest absolute Gasteiger partial charge is 0.496 e. The van der Waals surface area contributed by atoms with Crippen molar-refractivity contribution >= 4 is 12.6 Å². The van der Waals surface area contributed by atoms with Gasteiger partial charge >= 0.3 is 7.12 Å². The van der Waals surface area contributed by atoms with Gasteiger partial charge in [0.25, 0.3) is 0 Å². The van der Waals surface area contributed by atoms with Gasteiger partial charge in [-0.1, -0.05) is 0 Å². The molecule has 21 heavy (non-hydrogen) atoms. The average Bonchev–Trinajstić information content (AvgIpc) is 2.92. The molecule has 1 saturated heterocycles. The quantitative estimate of drug-likeness (QED) is 0.790. The SMILES string of the molecule is Cc1cn(-c2cncc(B3OC(C)(C)C(C)(C)O3)c2)cn1. The van der Waals surface area contributed by atoms with Crippen LogP contribution in [0.1, 0.15) is 33.4 Å². The van der Waals surface area contributed by atoms with E-state index in [2.05, 4.69) is 9.97 Å². The maximum Gasteiger partial charge on any atom is 0.496 e. The second kappa shape index (κ2) is 4.68. The molecule has 2 aromatic heterocycles. The van der Waals surface area contributed by atoms with Crippen LogP contribution in [-0.4, -0.2) is 32.9 Å². The Morgan fingerprint density at radius 3 is 2.33 bits per heavy atom. The van der Waals surface area contributed by atoms with Gasteiger partial charge in [-0.05, 0) is 40.7 Å². The Bertz CT molecular complexity index is 650. The molecule has 0 spiro atoms. The standard InChI is InChI=1S/C15H20BN3O2/c1-11-9-19(10-18-11)13-6-12(7-17-8-13)16-20-14(2,3)15(4,5)21-16/h6-10H,1-5H3. The van der Waals surface area contributed by atoms with Gasteiger partial charge in [-0.2, -0.15) is 0 Å². The number of hydrogen-bond acceptors (Lipinski definition) is 4. The summed E-state index contributed by atoms with van der Waals surface area (Å²) in [7, 11) is -0.396. The monoisotopic (exact) mass is 285 g/mol. The van der Waals surface area contributed by atoms with Gasteiger partial charge in [-0.25, -0.2) is 4.98 Å². The fourth-order valence-corrected chi connectivity index (χ4v) is 2.26. The van der Waals surface area contributed by atoms with Gasteiger partial charge in [0.05, 0.1) is 35.1 Å². The third-order valence-electron chi connectivity index (χ3n) is 4.28. The van der Waals surface area contributed by atoms with E-state index in [1.165, 1.54) is 0 Å². The molecule has 6 heteroatoms. The van der Waals surface area contributed by atoms with E-state index in [9.17, 15) is 0 Å². The van der Waals surface area contributed by atoms with Crippen LogP contribution in [0.25, 0.3) is 5.69 Å². The summed E-state index contributed by atoms with van der Waals surface area (Å²) in [5.41, 5.74) is 2.13. The first-order valence-electron chi connectivity index (χ1n) is 7.10. The molecular formula is C15H20BN3O2. The molecule has 5 nitrogen and oxygen atoms in total. The van der Waals surface area contributed by atoms with Crippen molar-refractivity contribution in [1.82, 2.24) is 14.5 Å². The molecule has 1 aliphatic heterocycles. The Balaban J connectivity index is 1.91. The van der Waals surface area contributed by atoms with Gasteiger partial charge in [0.1, 0.15) is 0 Å².